The van der Waals surface area contributed by atoms with Crippen LogP contribution in [-0.4, -0.2) is 86.7 Å². The van der Waals surface area contributed by atoms with Gasteiger partial charge in [-0.1, -0.05) is 80.2 Å². The Morgan fingerprint density at radius 1 is 1.11 bits per heavy atom. The number of carbonyl (C=O) groups excluding carboxylic acids is 2. The Hall–Kier alpha value is -5.29. The van der Waals surface area contributed by atoms with Gasteiger partial charge >= 0.3 is 0 Å². The minimum atomic E-state index is -3.04. The Bertz CT molecular complexity index is 1920. The smallest absolute Gasteiger partial charge is 0.271 e. The van der Waals surface area contributed by atoms with Crippen molar-refractivity contribution in [2.45, 2.75) is 46.1 Å². The van der Waals surface area contributed by atoms with Crippen molar-refractivity contribution >= 4 is 34.8 Å². The van der Waals surface area contributed by atoms with E-state index in [1.807, 2.05) is 44.2 Å². The first kappa shape index (κ1) is 43.4. The molecule has 2 aliphatic rings. The van der Waals surface area contributed by atoms with E-state index in [-0.39, 0.29) is 28.9 Å². The predicted octanol–water partition coefficient (Wildman–Crippen LogP) is 7.09. The van der Waals surface area contributed by atoms with Crippen LogP contribution in [-0.2, 0) is 26.8 Å². The van der Waals surface area contributed by atoms with Crippen molar-refractivity contribution in [3.8, 4) is 0 Å². The Labute approximate surface area is 335 Å². The van der Waals surface area contributed by atoms with E-state index in [1.54, 1.807) is 37.2 Å². The number of likely N-dealkylation sites (N-methyl/N-ethyl adjacent to an activating group) is 2. The number of carbonyl (C=O) groups is 2. The third-order valence-corrected chi connectivity index (χ3v) is 9.99. The molecule has 0 bridgehead atoms. The number of piperazine rings is 1. The van der Waals surface area contributed by atoms with Crippen molar-refractivity contribution in [1.29, 1.82) is 0 Å². The fraction of sp³-hybridized carbons (Fsp3) is 0.372. The Morgan fingerprint density at radius 2 is 1.82 bits per heavy atom. The summed E-state index contributed by atoms with van der Waals surface area (Å²) in [7, 11) is 3.36. The highest BCUT2D eigenvalue weighted by atomic mass is 35.5. The van der Waals surface area contributed by atoms with Crippen LogP contribution in [0.2, 0.25) is 5.02 Å². The molecule has 4 N–H and O–H groups in total. The van der Waals surface area contributed by atoms with E-state index in [0.29, 0.717) is 75.1 Å². The van der Waals surface area contributed by atoms with Gasteiger partial charge < -0.3 is 40.7 Å². The van der Waals surface area contributed by atoms with Crippen LogP contribution in [0.3, 0.4) is 0 Å². The van der Waals surface area contributed by atoms with Crippen molar-refractivity contribution in [2.24, 2.45) is 0 Å². The van der Waals surface area contributed by atoms with Gasteiger partial charge in [-0.3, -0.25) is 9.59 Å². The standard InChI is InChI=1S/C43H54ClF2N7O3/c1-8-14-38(47-6)41(54)50-37-16-13-12-15-33(37)39(11-4)52-21-23-53(24-22-52)40(36(10-3)49-29-48-35(9-2)30-19-25-56-26-20-30)42(55)51(7)28-31-17-18-32(27-34(31)44)43(5,45)46/h8-9,12-19,27,47-49H,1,4,10,20-26,28-29H2,2-3,5-7H3,(H,50,54)/b35-9?,38-14-,40-36+. The van der Waals surface area contributed by atoms with Gasteiger partial charge in [0.05, 0.1) is 37.0 Å². The van der Waals surface area contributed by atoms with Crippen molar-refractivity contribution in [2.75, 3.05) is 65.5 Å². The molecule has 0 aliphatic carbocycles. The number of ether oxygens (including phenoxy) is 1. The van der Waals surface area contributed by atoms with Crippen molar-refractivity contribution in [3.63, 3.8) is 0 Å². The van der Waals surface area contributed by atoms with Crippen molar-refractivity contribution < 1.29 is 23.1 Å². The second-order valence-electron chi connectivity index (χ2n) is 13.4. The molecule has 0 atom stereocenters. The summed E-state index contributed by atoms with van der Waals surface area (Å²) >= 11 is 6.48. The van der Waals surface area contributed by atoms with Crippen LogP contribution in [0.15, 0.2) is 114 Å². The van der Waals surface area contributed by atoms with Crippen LogP contribution in [0.4, 0.5) is 14.5 Å². The lowest BCUT2D eigenvalue weighted by molar-refractivity contribution is -0.128. The molecule has 300 valence electrons. The average Bonchev–Trinajstić information content (AvgIpc) is 3.19. The van der Waals surface area contributed by atoms with Gasteiger partial charge in [0.2, 0.25) is 0 Å². The summed E-state index contributed by atoms with van der Waals surface area (Å²) in [5.41, 5.74) is 9.37. The van der Waals surface area contributed by atoms with Gasteiger partial charge in [0.1, 0.15) is 5.70 Å². The zero-order chi connectivity index (χ0) is 40.8. The molecule has 56 heavy (non-hydrogen) atoms. The number of hydrogen-bond acceptors (Lipinski definition) is 8. The summed E-state index contributed by atoms with van der Waals surface area (Å²) < 4.78 is 33.5. The third-order valence-electron chi connectivity index (χ3n) is 9.64. The monoisotopic (exact) mass is 789 g/mol. The fourth-order valence-electron chi connectivity index (χ4n) is 6.62. The number of allylic oxidation sites excluding steroid dienone is 5. The normalized spacial score (nSPS) is 15.5. The molecular formula is C43H54ClF2N7O3. The van der Waals surface area contributed by atoms with E-state index >= 15 is 0 Å². The molecule has 2 aromatic carbocycles. The zero-order valence-electron chi connectivity index (χ0n) is 33.0. The molecular weight excluding hydrogens is 736 g/mol. The minimum Gasteiger partial charge on any atom is -0.384 e. The quantitative estimate of drug-likeness (QED) is 0.0584. The Morgan fingerprint density at radius 3 is 2.41 bits per heavy atom. The molecule has 2 aromatic rings. The summed E-state index contributed by atoms with van der Waals surface area (Å²) in [4.78, 5) is 33.4. The maximum Gasteiger partial charge on any atom is 0.271 e. The first-order valence-corrected chi connectivity index (χ1v) is 19.1. The first-order chi connectivity index (χ1) is 26.9. The summed E-state index contributed by atoms with van der Waals surface area (Å²) in [6.07, 6.45) is 8.59. The molecule has 1 saturated heterocycles. The minimum absolute atomic E-state index is 0.119. The number of anilines is 1. The van der Waals surface area contributed by atoms with Crippen LogP contribution < -0.4 is 21.3 Å². The molecule has 10 nitrogen and oxygen atoms in total. The molecule has 1 fully saturated rings. The summed E-state index contributed by atoms with van der Waals surface area (Å²) in [6.45, 7) is 16.3. The fourth-order valence-corrected chi connectivity index (χ4v) is 6.86. The number of halogens is 3. The summed E-state index contributed by atoms with van der Waals surface area (Å²) in [5.74, 6) is -3.59. The first-order valence-electron chi connectivity index (χ1n) is 18.7. The Kier molecular flexibility index (Phi) is 16.0. The molecule has 2 amide bonds. The van der Waals surface area contributed by atoms with Gasteiger partial charge in [-0.2, -0.15) is 0 Å². The van der Waals surface area contributed by atoms with Gasteiger partial charge in [0.15, 0.2) is 0 Å². The maximum atomic E-state index is 14.5. The van der Waals surface area contributed by atoms with E-state index in [9.17, 15) is 18.4 Å². The van der Waals surface area contributed by atoms with E-state index in [0.717, 1.165) is 36.0 Å². The number of hydrogen-bond donors (Lipinski definition) is 4. The van der Waals surface area contributed by atoms with E-state index in [1.165, 1.54) is 17.7 Å². The van der Waals surface area contributed by atoms with Crippen LogP contribution in [0.25, 0.3) is 5.70 Å². The molecule has 0 saturated carbocycles. The number of nitrogens with one attached hydrogen (secondary N) is 4. The molecule has 0 radical (unpaired) electrons. The van der Waals surface area contributed by atoms with Gasteiger partial charge in [-0.15, -0.1) is 5.73 Å². The lowest BCUT2D eigenvalue weighted by atomic mass is 10.1. The largest absolute Gasteiger partial charge is 0.384 e. The number of nitrogens with zero attached hydrogens (tertiary/aromatic N) is 3. The summed E-state index contributed by atoms with van der Waals surface area (Å²) in [5, 5.41) is 13.0. The van der Waals surface area contributed by atoms with E-state index < -0.39 is 5.92 Å². The van der Waals surface area contributed by atoms with Gasteiger partial charge in [0, 0.05) is 81.3 Å². The topological polar surface area (TPSA) is 101 Å². The highest BCUT2D eigenvalue weighted by molar-refractivity contribution is 6.31. The second-order valence-corrected chi connectivity index (χ2v) is 13.8. The molecule has 13 heteroatoms. The number of benzene rings is 2. The predicted molar refractivity (Wildman–Crippen MR) is 221 cm³/mol. The van der Waals surface area contributed by atoms with Crippen LogP contribution >= 0.6 is 11.6 Å². The van der Waals surface area contributed by atoms with Crippen molar-refractivity contribution in [1.82, 2.24) is 30.7 Å². The number of rotatable bonds is 17. The Balaban J connectivity index is 1.60. The highest BCUT2D eigenvalue weighted by Gasteiger charge is 2.30. The molecule has 0 spiro atoms. The number of amides is 2. The van der Waals surface area contributed by atoms with Crippen LogP contribution in [0.5, 0.6) is 0 Å². The summed E-state index contributed by atoms with van der Waals surface area (Å²) in [6, 6.07) is 11.6. The molecule has 4 rings (SSSR count). The number of para-hydroxylation sites is 1. The van der Waals surface area contributed by atoms with E-state index in [2.05, 4.69) is 56.0 Å². The second kappa shape index (κ2) is 20.6. The lowest BCUT2D eigenvalue weighted by Gasteiger charge is -2.40. The highest BCUT2D eigenvalue weighted by Crippen LogP contribution is 2.32. The molecule has 0 unspecified atom stereocenters. The molecule has 2 heterocycles. The average molecular weight is 790 g/mol. The van der Waals surface area contributed by atoms with E-state index in [4.69, 9.17) is 16.3 Å². The lowest BCUT2D eigenvalue weighted by Crippen LogP contribution is -2.49. The zero-order valence-corrected chi connectivity index (χ0v) is 33.8. The SMILES string of the molecule is C=C=C(c1ccccc1NC(=O)/C(=C/C=C)NC)N1CCN(/C(C(=O)N(C)Cc2ccc(C(C)(F)F)cc2Cl)=C(\CC)NCNC(=CC)C2=CCOCC2)CC1. The maximum absolute atomic E-state index is 14.5. The van der Waals surface area contributed by atoms with Crippen LogP contribution in [0, 0.1) is 0 Å². The third kappa shape index (κ3) is 11.2. The number of alkyl halides is 2. The van der Waals surface area contributed by atoms with Gasteiger partial charge in [-0.05, 0) is 49.1 Å². The van der Waals surface area contributed by atoms with Gasteiger partial charge in [-0.25, -0.2) is 8.78 Å². The molecule has 0 aromatic heterocycles. The van der Waals surface area contributed by atoms with Crippen molar-refractivity contribution in [3.05, 3.63) is 136 Å². The molecule has 2 aliphatic heterocycles. The van der Waals surface area contributed by atoms with Gasteiger partial charge in [0.25, 0.3) is 17.7 Å². The van der Waals surface area contributed by atoms with Crippen LogP contribution in [0.1, 0.15) is 50.3 Å².